The summed E-state index contributed by atoms with van der Waals surface area (Å²) >= 11 is 0. The number of nitrogens with zero attached hydrogens (tertiary/aromatic N) is 1. The van der Waals surface area contributed by atoms with E-state index in [4.69, 9.17) is 0 Å². The molecule has 9 heteroatoms. The quantitative estimate of drug-likeness (QED) is 0.650. The molecule has 0 aromatic carbocycles. The number of imide groups is 1. The fraction of sp³-hybridized carbons (Fsp3) is 0.800. The number of amides is 4. The minimum absolute atomic E-state index is 0.0500. The zero-order valence-corrected chi connectivity index (χ0v) is 15.1. The first kappa shape index (κ1) is 18.7. The largest absolute Gasteiger partial charge is 0.351 e. The van der Waals surface area contributed by atoms with Crippen LogP contribution in [0.4, 0.5) is 4.79 Å². The first-order valence-corrected chi connectivity index (χ1v) is 9.98. The third-order valence-corrected chi connectivity index (χ3v) is 6.23. The van der Waals surface area contributed by atoms with E-state index < -0.39 is 45.8 Å². The maximum absolute atomic E-state index is 12.5. The van der Waals surface area contributed by atoms with E-state index in [1.165, 1.54) is 0 Å². The van der Waals surface area contributed by atoms with Crippen LogP contribution >= 0.6 is 0 Å². The van der Waals surface area contributed by atoms with Gasteiger partial charge in [0.15, 0.2) is 9.84 Å². The van der Waals surface area contributed by atoms with E-state index in [0.717, 1.165) is 11.3 Å². The first-order chi connectivity index (χ1) is 11.0. The van der Waals surface area contributed by atoms with Crippen LogP contribution in [-0.4, -0.2) is 60.8 Å². The summed E-state index contributed by atoms with van der Waals surface area (Å²) in [4.78, 5) is 37.5. The summed E-state index contributed by atoms with van der Waals surface area (Å²) < 4.78 is 22.8. The highest BCUT2D eigenvalue weighted by molar-refractivity contribution is 7.91. The molecule has 0 spiro atoms. The molecule has 2 aliphatic rings. The van der Waals surface area contributed by atoms with Gasteiger partial charge in [0, 0.05) is 6.04 Å². The molecule has 0 unspecified atom stereocenters. The summed E-state index contributed by atoms with van der Waals surface area (Å²) in [5.74, 6) is -0.580. The summed E-state index contributed by atoms with van der Waals surface area (Å²) in [6.45, 7) is 5.34. The molecule has 2 N–H and O–H groups in total. The van der Waals surface area contributed by atoms with Crippen molar-refractivity contribution in [2.24, 2.45) is 5.92 Å². The molecule has 2 aliphatic heterocycles. The van der Waals surface area contributed by atoms with Gasteiger partial charge in [-0.15, -0.1) is 0 Å². The van der Waals surface area contributed by atoms with Crippen molar-refractivity contribution in [1.82, 2.24) is 15.5 Å². The van der Waals surface area contributed by atoms with Crippen molar-refractivity contribution in [3.63, 3.8) is 0 Å². The lowest BCUT2D eigenvalue weighted by atomic mass is 9.92. The molecule has 0 bridgehead atoms. The monoisotopic (exact) mass is 359 g/mol. The normalized spacial score (nSPS) is 29.2. The van der Waals surface area contributed by atoms with Gasteiger partial charge in [-0.3, -0.25) is 14.5 Å². The summed E-state index contributed by atoms with van der Waals surface area (Å²) in [5, 5.41) is 5.25. The Morgan fingerprint density at radius 2 is 2.08 bits per heavy atom. The molecule has 0 aliphatic carbocycles. The van der Waals surface area contributed by atoms with Gasteiger partial charge in [-0.1, -0.05) is 13.8 Å². The van der Waals surface area contributed by atoms with Crippen molar-refractivity contribution in [1.29, 1.82) is 0 Å². The third kappa shape index (κ3) is 4.25. The molecule has 0 aromatic rings. The molecule has 2 heterocycles. The second-order valence-corrected chi connectivity index (χ2v) is 9.48. The van der Waals surface area contributed by atoms with Crippen LogP contribution in [0.15, 0.2) is 0 Å². The van der Waals surface area contributed by atoms with Gasteiger partial charge in [0.2, 0.25) is 5.91 Å². The number of sulfone groups is 1. The zero-order valence-electron chi connectivity index (χ0n) is 14.3. The molecular formula is C15H25N3O5S. The lowest BCUT2D eigenvalue weighted by Gasteiger charge is -2.22. The maximum Gasteiger partial charge on any atom is 0.325 e. The highest BCUT2D eigenvalue weighted by atomic mass is 32.2. The molecule has 2 rings (SSSR count). The fourth-order valence-corrected chi connectivity index (χ4v) is 4.64. The number of nitrogens with one attached hydrogen (secondary N) is 2. The Morgan fingerprint density at radius 3 is 2.62 bits per heavy atom. The smallest absolute Gasteiger partial charge is 0.325 e. The summed E-state index contributed by atoms with van der Waals surface area (Å²) in [5.41, 5.74) is -0.988. The molecule has 2 saturated heterocycles. The molecule has 2 atom stereocenters. The van der Waals surface area contributed by atoms with E-state index in [9.17, 15) is 22.8 Å². The molecule has 0 radical (unpaired) electrons. The van der Waals surface area contributed by atoms with E-state index >= 15 is 0 Å². The molecule has 0 saturated carbocycles. The van der Waals surface area contributed by atoms with E-state index in [1.54, 1.807) is 6.92 Å². The fourth-order valence-electron chi connectivity index (χ4n) is 2.96. The Kier molecular flexibility index (Phi) is 5.22. The van der Waals surface area contributed by atoms with Gasteiger partial charge in [-0.25, -0.2) is 13.2 Å². The van der Waals surface area contributed by atoms with Crippen LogP contribution in [0.5, 0.6) is 0 Å². The van der Waals surface area contributed by atoms with Crippen molar-refractivity contribution in [3.05, 3.63) is 0 Å². The van der Waals surface area contributed by atoms with Crippen molar-refractivity contribution >= 4 is 27.7 Å². The minimum atomic E-state index is -3.10. The number of rotatable bonds is 6. The topological polar surface area (TPSA) is 113 Å². The number of urea groups is 1. The second-order valence-electron chi connectivity index (χ2n) is 7.25. The van der Waals surface area contributed by atoms with Gasteiger partial charge in [-0.05, 0) is 32.1 Å². The summed E-state index contributed by atoms with van der Waals surface area (Å²) in [7, 11) is -3.10. The minimum Gasteiger partial charge on any atom is -0.351 e. The van der Waals surface area contributed by atoms with Gasteiger partial charge >= 0.3 is 6.03 Å². The summed E-state index contributed by atoms with van der Waals surface area (Å²) in [6, 6.07) is -1.03. The van der Waals surface area contributed by atoms with Gasteiger partial charge in [0.25, 0.3) is 5.91 Å². The van der Waals surface area contributed by atoms with Crippen LogP contribution in [0.25, 0.3) is 0 Å². The van der Waals surface area contributed by atoms with E-state index in [2.05, 4.69) is 10.6 Å². The van der Waals surface area contributed by atoms with Crippen molar-refractivity contribution in [2.45, 2.75) is 51.6 Å². The van der Waals surface area contributed by atoms with E-state index in [0.29, 0.717) is 18.8 Å². The van der Waals surface area contributed by atoms with Crippen LogP contribution in [0, 0.1) is 5.92 Å². The SMILES string of the molecule is CC(C)CC[C@]1(C)NC(=O)N(CC(=O)N[C@@H]2CCS(=O)(=O)C2)C1=O. The van der Waals surface area contributed by atoms with Crippen LogP contribution in [0.1, 0.15) is 40.0 Å². The predicted molar refractivity (Wildman–Crippen MR) is 87.9 cm³/mol. The van der Waals surface area contributed by atoms with Gasteiger partial charge in [0.1, 0.15) is 12.1 Å². The Hall–Kier alpha value is -1.64. The average molecular weight is 359 g/mol. The Labute approximate surface area is 142 Å². The Balaban J connectivity index is 1.93. The van der Waals surface area contributed by atoms with E-state index in [-0.39, 0.29) is 11.5 Å². The molecule has 24 heavy (non-hydrogen) atoms. The highest BCUT2D eigenvalue weighted by Gasteiger charge is 2.48. The van der Waals surface area contributed by atoms with Gasteiger partial charge < -0.3 is 10.6 Å². The number of hydrogen-bond donors (Lipinski definition) is 2. The van der Waals surface area contributed by atoms with Crippen molar-refractivity contribution < 1.29 is 22.8 Å². The Bertz CT molecular complexity index is 645. The molecular weight excluding hydrogens is 334 g/mol. The molecule has 0 aromatic heterocycles. The molecule has 136 valence electrons. The van der Waals surface area contributed by atoms with Gasteiger partial charge in [0.05, 0.1) is 11.5 Å². The van der Waals surface area contributed by atoms with Crippen LogP contribution < -0.4 is 10.6 Å². The second kappa shape index (κ2) is 6.70. The lowest BCUT2D eigenvalue weighted by Crippen LogP contribution is -2.46. The van der Waals surface area contributed by atoms with Crippen LogP contribution in [0.2, 0.25) is 0 Å². The molecule has 8 nitrogen and oxygen atoms in total. The lowest BCUT2D eigenvalue weighted by molar-refractivity contribution is -0.135. The first-order valence-electron chi connectivity index (χ1n) is 8.16. The predicted octanol–water partition coefficient (Wildman–Crippen LogP) is 0.0364. The standard InChI is InChI=1S/C15H25N3O5S/c1-10(2)4-6-15(3)13(20)18(14(21)17-15)8-12(19)16-11-5-7-24(22,23)9-11/h10-11H,4-9H2,1-3H3,(H,16,19)(H,17,21)/t11-,15+/m1/s1. The summed E-state index contributed by atoms with van der Waals surface area (Å²) in [6.07, 6.45) is 1.65. The highest BCUT2D eigenvalue weighted by Crippen LogP contribution is 2.24. The Morgan fingerprint density at radius 1 is 1.42 bits per heavy atom. The third-order valence-electron chi connectivity index (χ3n) is 4.47. The average Bonchev–Trinajstić information content (AvgIpc) is 2.89. The van der Waals surface area contributed by atoms with Crippen LogP contribution in [0.3, 0.4) is 0 Å². The zero-order chi connectivity index (χ0) is 18.1. The molecule has 2 fully saturated rings. The number of hydrogen-bond acceptors (Lipinski definition) is 5. The maximum atomic E-state index is 12.5. The van der Waals surface area contributed by atoms with Gasteiger partial charge in [-0.2, -0.15) is 0 Å². The van der Waals surface area contributed by atoms with Crippen molar-refractivity contribution in [2.75, 3.05) is 18.1 Å². The van der Waals surface area contributed by atoms with E-state index in [1.807, 2.05) is 13.8 Å². The van der Waals surface area contributed by atoms with Crippen molar-refractivity contribution in [3.8, 4) is 0 Å². The number of carbonyl (C=O) groups excluding carboxylic acids is 3. The van der Waals surface area contributed by atoms with Crippen LogP contribution in [-0.2, 0) is 19.4 Å². The number of carbonyl (C=O) groups is 3. The molecule has 4 amide bonds.